The van der Waals surface area contributed by atoms with Gasteiger partial charge in [0.25, 0.3) is 0 Å². The van der Waals surface area contributed by atoms with E-state index in [9.17, 15) is 4.79 Å². The van der Waals surface area contributed by atoms with E-state index in [1.54, 1.807) is 14.1 Å². The third kappa shape index (κ3) is 5.54. The van der Waals surface area contributed by atoms with Crippen molar-refractivity contribution in [3.05, 3.63) is 28.7 Å². The van der Waals surface area contributed by atoms with Gasteiger partial charge in [-0.2, -0.15) is 0 Å². The summed E-state index contributed by atoms with van der Waals surface area (Å²) in [4.78, 5) is 14.1. The van der Waals surface area contributed by atoms with Crippen LogP contribution in [0.15, 0.2) is 18.1 Å². The van der Waals surface area contributed by atoms with E-state index in [4.69, 9.17) is 26.7 Å². The van der Waals surface area contributed by atoms with Crippen molar-refractivity contribution in [3.63, 3.8) is 0 Å². The highest BCUT2D eigenvalue weighted by Crippen LogP contribution is 2.30. The monoisotopic (exact) mass is 417 g/mol. The molecule has 0 spiro atoms. The van der Waals surface area contributed by atoms with Crippen molar-refractivity contribution < 1.29 is 19.9 Å². The van der Waals surface area contributed by atoms with Crippen LogP contribution in [0.3, 0.4) is 0 Å². The Morgan fingerprint density at radius 3 is 2.57 bits per heavy atom. The molecule has 1 aromatic carbocycles. The van der Waals surface area contributed by atoms with E-state index in [1.807, 2.05) is 0 Å². The number of halogens is 1. The van der Waals surface area contributed by atoms with Gasteiger partial charge in [0.1, 0.15) is 0 Å². The molecule has 5 nitrogen and oxygen atoms in total. The molecular formula is C22H35ClN4O. The third-order valence-corrected chi connectivity index (χ3v) is 5.59. The van der Waals surface area contributed by atoms with E-state index < -0.39 is 54.8 Å². The first-order valence-corrected chi connectivity index (χ1v) is 9.90. The van der Waals surface area contributed by atoms with E-state index in [0.717, 1.165) is 0 Å². The Balaban J connectivity index is 1.90. The highest BCUT2D eigenvalue weighted by atomic mass is 35.5. The summed E-state index contributed by atoms with van der Waals surface area (Å²) in [7, 11) is 3.30. The van der Waals surface area contributed by atoms with Crippen molar-refractivity contribution in [1.82, 2.24) is 15.1 Å². The van der Waals surface area contributed by atoms with E-state index >= 15 is 0 Å². The van der Waals surface area contributed by atoms with Crippen LogP contribution in [-0.4, -0.2) is 68.5 Å². The number of amides is 2. The molecule has 6 heteroatoms. The van der Waals surface area contributed by atoms with Gasteiger partial charge >= 0.3 is 6.03 Å². The average molecular weight is 418 g/mol. The minimum Gasteiger partial charge on any atom is -0.368 e. The lowest BCUT2D eigenvalue weighted by atomic mass is 9.84. The van der Waals surface area contributed by atoms with Crippen LogP contribution in [0.5, 0.6) is 0 Å². The second-order valence-electron chi connectivity index (χ2n) is 7.45. The van der Waals surface area contributed by atoms with Crippen molar-refractivity contribution in [3.8, 4) is 0 Å². The maximum absolute atomic E-state index is 11.9. The minimum atomic E-state index is -3.22. The highest BCUT2D eigenvalue weighted by molar-refractivity contribution is 6.34. The zero-order valence-corrected chi connectivity index (χ0v) is 17.3. The molecule has 1 saturated carbocycles. The molecule has 1 aromatic rings. The van der Waals surface area contributed by atoms with E-state index in [1.165, 1.54) is 11.8 Å². The Hall–Kier alpha value is -1.46. The zero-order chi connectivity index (χ0) is 29.9. The summed E-state index contributed by atoms with van der Waals surface area (Å²) in [6.07, 6.45) is 3.03. The smallest absolute Gasteiger partial charge is 0.317 e. The number of urea groups is 1. The minimum absolute atomic E-state index is 0.00912. The first-order chi connectivity index (χ1) is 17.7. The Bertz CT molecular complexity index is 1050. The van der Waals surface area contributed by atoms with E-state index in [2.05, 4.69) is 5.32 Å². The van der Waals surface area contributed by atoms with Crippen molar-refractivity contribution in [2.24, 2.45) is 5.92 Å². The fourth-order valence-electron chi connectivity index (χ4n) is 3.34. The SMILES string of the molecule is [2H]c1c([2H])c(C)c(Cl)c(N2C([2H])([2H])C([2H])([2H])N(CCC3CCC(NC(=O)N(C)C)CC3)C([2H])([2H])C2([2H])[2H])c1[2H]. The van der Waals surface area contributed by atoms with Crippen LogP contribution in [0.25, 0.3) is 0 Å². The molecule has 1 aliphatic carbocycles. The summed E-state index contributed by atoms with van der Waals surface area (Å²) in [6.45, 7) is -11.5. The molecule has 2 fully saturated rings. The number of anilines is 1. The first-order valence-electron chi connectivity index (χ1n) is 15.0. The van der Waals surface area contributed by atoms with Gasteiger partial charge in [0, 0.05) is 51.6 Å². The standard InChI is InChI=1S/C22H35ClN4O/c1-17-5-4-6-20(21(17)23)27-15-13-26(14-16-27)12-11-18-7-9-19(10-8-18)24-22(28)25(2)3/h4-6,18-19H,7-16H2,1-3H3,(H,24,28)/i4D,5D,6D,13D2,14D2,15D2,16D2. The number of nitrogens with zero attached hydrogens (tertiary/aromatic N) is 3. The molecule has 2 amide bonds. The Morgan fingerprint density at radius 1 is 1.25 bits per heavy atom. The molecule has 0 aromatic heterocycles. The lowest BCUT2D eigenvalue weighted by molar-refractivity contribution is 0.194. The van der Waals surface area contributed by atoms with Crippen molar-refractivity contribution >= 4 is 23.3 Å². The van der Waals surface area contributed by atoms with Crippen LogP contribution in [-0.2, 0) is 0 Å². The molecule has 1 heterocycles. The number of rotatable bonds is 5. The second-order valence-corrected chi connectivity index (χ2v) is 7.83. The number of hydrogen-bond acceptors (Lipinski definition) is 3. The summed E-state index contributed by atoms with van der Waals surface area (Å²) < 4.78 is 93.9. The lowest BCUT2D eigenvalue weighted by Crippen LogP contribution is -2.47. The quantitative estimate of drug-likeness (QED) is 0.787. The number of piperazine rings is 1. The van der Waals surface area contributed by atoms with Gasteiger partial charge in [0.15, 0.2) is 0 Å². The highest BCUT2D eigenvalue weighted by Gasteiger charge is 2.24. The largest absolute Gasteiger partial charge is 0.368 e. The average Bonchev–Trinajstić information content (AvgIpc) is 2.83. The molecule has 1 aliphatic heterocycles. The summed E-state index contributed by atoms with van der Waals surface area (Å²) >= 11 is 6.32. The summed E-state index contributed by atoms with van der Waals surface area (Å²) in [5.74, 6) is 0.0475. The maximum atomic E-state index is 11.9. The van der Waals surface area contributed by atoms with Gasteiger partial charge in [-0.15, -0.1) is 0 Å². The molecular weight excluding hydrogens is 372 g/mol. The molecule has 3 rings (SSSR count). The fourth-order valence-corrected chi connectivity index (χ4v) is 3.52. The first kappa shape index (κ1) is 11.1. The second kappa shape index (κ2) is 9.84. The van der Waals surface area contributed by atoms with Crippen molar-refractivity contribution in [2.75, 3.05) is 51.5 Å². The summed E-state index contributed by atoms with van der Waals surface area (Å²) in [5, 5.41) is 2.52. The Morgan fingerprint density at radius 2 is 1.93 bits per heavy atom. The molecule has 0 radical (unpaired) electrons. The fraction of sp³-hybridized carbons (Fsp3) is 0.682. The molecule has 1 N–H and O–H groups in total. The summed E-state index contributed by atoms with van der Waals surface area (Å²) in [6, 6.07) is -2.05. The number of carbonyl (C=O) groups is 1. The number of benzene rings is 1. The topological polar surface area (TPSA) is 38.8 Å². The van der Waals surface area contributed by atoms with Gasteiger partial charge in [-0.3, -0.25) is 4.90 Å². The lowest BCUT2D eigenvalue weighted by Gasteiger charge is -2.37. The Labute approximate surface area is 190 Å². The normalized spacial score (nSPS) is 36.4. The molecule has 2 aliphatic rings. The van der Waals surface area contributed by atoms with Crippen LogP contribution in [0.4, 0.5) is 10.5 Å². The van der Waals surface area contributed by atoms with Crippen molar-refractivity contribution in [1.29, 1.82) is 0 Å². The van der Waals surface area contributed by atoms with Gasteiger partial charge in [0.2, 0.25) is 0 Å². The zero-order valence-electron chi connectivity index (χ0n) is 27.5. The maximum Gasteiger partial charge on any atom is 0.317 e. The third-order valence-electron chi connectivity index (χ3n) is 5.13. The van der Waals surface area contributed by atoms with Gasteiger partial charge in [0.05, 0.1) is 20.3 Å². The van der Waals surface area contributed by atoms with E-state index in [-0.39, 0.29) is 41.4 Å². The van der Waals surface area contributed by atoms with Crippen LogP contribution < -0.4 is 10.2 Å². The van der Waals surface area contributed by atoms with Crippen molar-refractivity contribution in [2.45, 2.75) is 45.1 Å². The number of carbonyl (C=O) groups excluding carboxylic acids is 1. The predicted octanol–water partition coefficient (Wildman–Crippen LogP) is 3.99. The van der Waals surface area contributed by atoms with Gasteiger partial charge in [-0.25, -0.2) is 4.79 Å². The number of nitrogens with one attached hydrogen (secondary N) is 1. The van der Waals surface area contributed by atoms with Crippen LogP contribution in [0.2, 0.25) is 5.02 Å². The Kier molecular flexibility index (Phi) is 3.89. The molecule has 0 atom stereocenters. The molecule has 28 heavy (non-hydrogen) atoms. The molecule has 0 unspecified atom stereocenters. The van der Waals surface area contributed by atoms with E-state index in [0.29, 0.717) is 30.6 Å². The molecule has 1 saturated heterocycles. The molecule has 0 bridgehead atoms. The van der Waals surface area contributed by atoms with Gasteiger partial charge < -0.3 is 15.1 Å². The summed E-state index contributed by atoms with van der Waals surface area (Å²) in [5.41, 5.74) is -0.698. The predicted molar refractivity (Wildman–Crippen MR) is 117 cm³/mol. The van der Waals surface area contributed by atoms with Crippen LogP contribution >= 0.6 is 11.6 Å². The van der Waals surface area contributed by atoms with Gasteiger partial charge in [-0.05, 0) is 63.1 Å². The molecule has 156 valence electrons. The van der Waals surface area contributed by atoms with Crippen LogP contribution in [0, 0.1) is 12.8 Å². The van der Waals surface area contributed by atoms with Gasteiger partial charge in [-0.1, -0.05) is 23.7 Å². The van der Waals surface area contributed by atoms with Crippen LogP contribution in [0.1, 0.15) is 52.7 Å². The number of hydrogen-bond donors (Lipinski definition) is 1.